The molecule has 6 nitrogen and oxygen atoms in total. The van der Waals surface area contributed by atoms with Gasteiger partial charge in [0.1, 0.15) is 11.3 Å². The van der Waals surface area contributed by atoms with Crippen LogP contribution in [0, 0.1) is 11.7 Å². The van der Waals surface area contributed by atoms with Crippen molar-refractivity contribution in [1.29, 1.82) is 0 Å². The number of rotatable bonds is 4. The monoisotopic (exact) mass is 345 g/mol. The summed E-state index contributed by atoms with van der Waals surface area (Å²) in [7, 11) is 0. The second-order valence-corrected chi connectivity index (χ2v) is 6.56. The van der Waals surface area contributed by atoms with Crippen LogP contribution in [-0.4, -0.2) is 27.0 Å². The molecule has 122 valence electrons. The molecule has 1 saturated carbocycles. The molecule has 0 saturated heterocycles. The predicted molar refractivity (Wildman–Crippen MR) is 83.9 cm³/mol. The average Bonchev–Trinajstić information content (AvgIpc) is 3.23. The number of carbonyl (C=O) groups excluding carboxylic acids is 2. The van der Waals surface area contributed by atoms with E-state index in [0.717, 1.165) is 24.2 Å². The molecule has 4 rings (SSSR count). The summed E-state index contributed by atoms with van der Waals surface area (Å²) in [6, 6.07) is 4.69. The smallest absolute Gasteiger partial charge is 0.296 e. The lowest BCUT2D eigenvalue weighted by molar-refractivity contribution is -0.118. The molecule has 2 heterocycles. The Hall–Kier alpha value is -2.61. The van der Waals surface area contributed by atoms with Crippen molar-refractivity contribution in [1.82, 2.24) is 10.2 Å². The molecule has 1 N–H and O–H groups in total. The molecule has 1 unspecified atom stereocenters. The number of anilines is 1. The first-order valence-electron chi connectivity index (χ1n) is 7.40. The van der Waals surface area contributed by atoms with Gasteiger partial charge >= 0.3 is 0 Å². The van der Waals surface area contributed by atoms with Gasteiger partial charge < -0.3 is 5.11 Å². The van der Waals surface area contributed by atoms with Gasteiger partial charge in [-0.05, 0) is 30.5 Å². The highest BCUT2D eigenvalue weighted by molar-refractivity contribution is 7.13. The minimum Gasteiger partial charge on any atom is -0.503 e. The predicted octanol–water partition coefficient (Wildman–Crippen LogP) is 2.56. The summed E-state index contributed by atoms with van der Waals surface area (Å²) >= 11 is 1.13. The van der Waals surface area contributed by atoms with Crippen molar-refractivity contribution >= 4 is 28.2 Å². The van der Waals surface area contributed by atoms with E-state index in [0.29, 0.717) is 5.56 Å². The lowest BCUT2D eigenvalue weighted by Crippen LogP contribution is -2.31. The topological polar surface area (TPSA) is 83.4 Å². The zero-order chi connectivity index (χ0) is 16.8. The Morgan fingerprint density at radius 1 is 1.29 bits per heavy atom. The van der Waals surface area contributed by atoms with Crippen LogP contribution in [0.4, 0.5) is 9.52 Å². The first-order valence-corrected chi connectivity index (χ1v) is 8.28. The van der Waals surface area contributed by atoms with Crippen molar-refractivity contribution in [3.8, 4) is 0 Å². The Bertz CT molecular complexity index is 844. The van der Waals surface area contributed by atoms with Crippen LogP contribution in [0.5, 0.6) is 0 Å². The number of carbonyl (C=O) groups is 2. The number of amides is 1. The Morgan fingerprint density at radius 2 is 2.00 bits per heavy atom. The van der Waals surface area contributed by atoms with Crippen molar-refractivity contribution in [3.63, 3.8) is 0 Å². The molecular formula is C16H12FN3O3S. The number of nitrogens with zero attached hydrogens (tertiary/aromatic N) is 3. The van der Waals surface area contributed by atoms with E-state index < -0.39 is 23.5 Å². The third-order valence-electron chi connectivity index (χ3n) is 4.16. The summed E-state index contributed by atoms with van der Waals surface area (Å²) in [5.41, 5.74) is 2.06. The minimum atomic E-state index is -0.820. The van der Waals surface area contributed by atoms with E-state index in [1.165, 1.54) is 34.7 Å². The van der Waals surface area contributed by atoms with E-state index in [2.05, 4.69) is 10.2 Å². The van der Waals surface area contributed by atoms with Crippen molar-refractivity contribution in [2.45, 2.75) is 18.9 Å². The zero-order valence-electron chi connectivity index (χ0n) is 12.3. The van der Waals surface area contributed by atoms with Gasteiger partial charge in [-0.15, -0.1) is 10.2 Å². The van der Waals surface area contributed by atoms with E-state index in [1.54, 1.807) is 0 Å². The second kappa shape index (κ2) is 5.48. The minimum absolute atomic E-state index is 0.0595. The van der Waals surface area contributed by atoms with E-state index in [4.69, 9.17) is 0 Å². The number of Topliss-reactive ketones (excluding diaryl/α,β-unsaturated/α-hetero) is 1. The number of benzene rings is 1. The van der Waals surface area contributed by atoms with Gasteiger partial charge in [0.15, 0.2) is 11.5 Å². The maximum atomic E-state index is 13.3. The van der Waals surface area contributed by atoms with Crippen molar-refractivity contribution < 1.29 is 19.1 Å². The quantitative estimate of drug-likeness (QED) is 0.921. The standard InChI is InChI=1S/C16H12FN3O3S/c17-10-5-3-8(4-6-10)12-11(13(21)9-1-2-9)14(22)15(23)20(12)16-19-18-7-24-16/h3-7,9,12,22H,1-2H2. The molecule has 1 atom stereocenters. The highest BCUT2D eigenvalue weighted by Crippen LogP contribution is 2.45. The first kappa shape index (κ1) is 14.9. The highest BCUT2D eigenvalue weighted by Gasteiger charge is 2.48. The Morgan fingerprint density at radius 3 is 2.58 bits per heavy atom. The molecule has 1 aromatic carbocycles. The summed E-state index contributed by atoms with van der Waals surface area (Å²) < 4.78 is 13.3. The number of halogens is 1. The third-order valence-corrected chi connectivity index (χ3v) is 4.85. The van der Waals surface area contributed by atoms with E-state index >= 15 is 0 Å². The molecule has 24 heavy (non-hydrogen) atoms. The lowest BCUT2D eigenvalue weighted by atomic mass is 9.94. The third kappa shape index (κ3) is 2.30. The van der Waals surface area contributed by atoms with Crippen molar-refractivity contribution in [3.05, 3.63) is 52.5 Å². The fourth-order valence-corrected chi connectivity index (χ4v) is 3.44. The number of aliphatic hydroxyl groups excluding tert-OH is 1. The Labute approximate surface area is 140 Å². The maximum absolute atomic E-state index is 13.3. The normalized spacial score (nSPS) is 20.8. The Balaban J connectivity index is 1.85. The fourth-order valence-electron chi connectivity index (χ4n) is 2.85. The molecule has 1 aromatic heterocycles. The molecule has 8 heteroatoms. The van der Waals surface area contributed by atoms with E-state index in [-0.39, 0.29) is 22.4 Å². The van der Waals surface area contributed by atoms with Crippen LogP contribution in [0.2, 0.25) is 0 Å². The van der Waals surface area contributed by atoms with Crippen molar-refractivity contribution in [2.75, 3.05) is 4.90 Å². The van der Waals surface area contributed by atoms with Crippen LogP contribution >= 0.6 is 11.3 Å². The van der Waals surface area contributed by atoms with Crippen LogP contribution in [-0.2, 0) is 9.59 Å². The van der Waals surface area contributed by atoms with Gasteiger partial charge in [0.2, 0.25) is 5.13 Å². The fraction of sp³-hybridized carbons (Fsp3) is 0.250. The number of aromatic nitrogens is 2. The van der Waals surface area contributed by atoms with E-state index in [1.807, 2.05) is 0 Å². The number of hydrogen-bond acceptors (Lipinski definition) is 6. The largest absolute Gasteiger partial charge is 0.503 e. The molecule has 0 spiro atoms. The molecule has 0 radical (unpaired) electrons. The van der Waals surface area contributed by atoms with Crippen LogP contribution in [0.25, 0.3) is 0 Å². The van der Waals surface area contributed by atoms with Gasteiger partial charge in [0, 0.05) is 5.92 Å². The number of aliphatic hydroxyl groups is 1. The van der Waals surface area contributed by atoms with Crippen LogP contribution in [0.15, 0.2) is 41.1 Å². The van der Waals surface area contributed by atoms with Gasteiger partial charge in [-0.1, -0.05) is 23.5 Å². The van der Waals surface area contributed by atoms with Crippen LogP contribution in [0.1, 0.15) is 24.4 Å². The van der Waals surface area contributed by atoms with E-state index in [9.17, 15) is 19.1 Å². The summed E-state index contributed by atoms with van der Waals surface area (Å²) in [5.74, 6) is -2.07. The molecule has 1 amide bonds. The number of hydrogen-bond donors (Lipinski definition) is 1. The molecule has 1 aliphatic heterocycles. The average molecular weight is 345 g/mol. The molecule has 1 aliphatic carbocycles. The second-order valence-electron chi connectivity index (χ2n) is 5.75. The molecule has 0 bridgehead atoms. The summed E-state index contributed by atoms with van der Waals surface area (Å²) in [6.07, 6.45) is 1.50. The van der Waals surface area contributed by atoms with Gasteiger partial charge in [0.25, 0.3) is 5.91 Å². The summed E-state index contributed by atoms with van der Waals surface area (Å²) in [4.78, 5) is 26.4. The van der Waals surface area contributed by atoms with Gasteiger partial charge in [0.05, 0.1) is 11.6 Å². The summed E-state index contributed by atoms with van der Waals surface area (Å²) in [6.45, 7) is 0. The summed E-state index contributed by atoms with van der Waals surface area (Å²) in [5, 5.41) is 18.2. The zero-order valence-corrected chi connectivity index (χ0v) is 13.2. The van der Waals surface area contributed by atoms with Crippen LogP contribution in [0.3, 0.4) is 0 Å². The number of ketones is 1. The van der Waals surface area contributed by atoms with Gasteiger partial charge in [-0.2, -0.15) is 0 Å². The Kier molecular flexibility index (Phi) is 3.42. The highest BCUT2D eigenvalue weighted by atomic mass is 32.1. The lowest BCUT2D eigenvalue weighted by Gasteiger charge is -2.24. The SMILES string of the molecule is O=C(C1=C(O)C(=O)N(c2nncs2)C1c1ccc(F)cc1)C1CC1. The maximum Gasteiger partial charge on any atom is 0.296 e. The van der Waals surface area contributed by atoms with Gasteiger partial charge in [-0.25, -0.2) is 4.39 Å². The molecule has 2 aliphatic rings. The van der Waals surface area contributed by atoms with Crippen LogP contribution < -0.4 is 4.90 Å². The molecule has 1 fully saturated rings. The molecular weight excluding hydrogens is 333 g/mol. The first-order chi connectivity index (χ1) is 11.6. The molecule has 2 aromatic rings. The van der Waals surface area contributed by atoms with Gasteiger partial charge in [-0.3, -0.25) is 14.5 Å². The van der Waals surface area contributed by atoms with Crippen molar-refractivity contribution in [2.24, 2.45) is 5.92 Å².